The fourth-order valence-electron chi connectivity index (χ4n) is 2.38. The summed E-state index contributed by atoms with van der Waals surface area (Å²) < 4.78 is 15.9. The number of carbonyl (C=O) groups is 1. The van der Waals surface area contributed by atoms with E-state index in [0.717, 1.165) is 22.6 Å². The van der Waals surface area contributed by atoms with Crippen molar-refractivity contribution in [3.8, 4) is 0 Å². The van der Waals surface area contributed by atoms with Crippen molar-refractivity contribution in [3.63, 3.8) is 0 Å². The highest BCUT2D eigenvalue weighted by molar-refractivity contribution is 5.86. The summed E-state index contributed by atoms with van der Waals surface area (Å²) in [7, 11) is 3.17. The van der Waals surface area contributed by atoms with Crippen molar-refractivity contribution in [2.45, 2.75) is 26.8 Å². The van der Waals surface area contributed by atoms with Gasteiger partial charge in [-0.2, -0.15) is 0 Å². The SMILES string of the molecule is CNC(c1ccc(C(=O)OC)o1)c1c(C)oc(C)c1C. The molecule has 0 aliphatic carbocycles. The molecule has 108 valence electrons. The number of rotatable bonds is 4. The topological polar surface area (TPSA) is 64.6 Å². The van der Waals surface area contributed by atoms with Gasteiger partial charge in [0.15, 0.2) is 0 Å². The van der Waals surface area contributed by atoms with Gasteiger partial charge in [0.2, 0.25) is 5.76 Å². The number of hydrogen-bond acceptors (Lipinski definition) is 5. The molecule has 5 heteroatoms. The molecule has 0 aliphatic rings. The van der Waals surface area contributed by atoms with E-state index in [-0.39, 0.29) is 11.8 Å². The number of esters is 1. The van der Waals surface area contributed by atoms with Crippen molar-refractivity contribution in [1.29, 1.82) is 0 Å². The highest BCUT2D eigenvalue weighted by Gasteiger charge is 2.25. The van der Waals surface area contributed by atoms with E-state index in [1.807, 2.05) is 27.8 Å². The van der Waals surface area contributed by atoms with Crippen molar-refractivity contribution >= 4 is 5.97 Å². The zero-order chi connectivity index (χ0) is 14.9. The molecule has 1 atom stereocenters. The number of aryl methyl sites for hydroxylation is 2. The molecule has 1 unspecified atom stereocenters. The van der Waals surface area contributed by atoms with Crippen LogP contribution in [0.15, 0.2) is 21.0 Å². The van der Waals surface area contributed by atoms with Gasteiger partial charge in [-0.15, -0.1) is 0 Å². The van der Waals surface area contributed by atoms with Gasteiger partial charge < -0.3 is 18.9 Å². The minimum Gasteiger partial charge on any atom is -0.466 e. The molecule has 2 aromatic rings. The fourth-order valence-corrected chi connectivity index (χ4v) is 2.38. The number of furan rings is 2. The lowest BCUT2D eigenvalue weighted by atomic mass is 10.0. The Labute approximate surface area is 117 Å². The molecule has 0 spiro atoms. The molecule has 0 radical (unpaired) electrons. The third kappa shape index (κ3) is 2.36. The van der Waals surface area contributed by atoms with E-state index < -0.39 is 5.97 Å². The van der Waals surface area contributed by atoms with Crippen LogP contribution in [0.25, 0.3) is 0 Å². The Bertz CT molecular complexity index is 624. The average Bonchev–Trinajstić information content (AvgIpc) is 3.00. The maximum absolute atomic E-state index is 11.5. The highest BCUT2D eigenvalue weighted by atomic mass is 16.5. The van der Waals surface area contributed by atoms with Gasteiger partial charge in [0.05, 0.1) is 13.2 Å². The minimum absolute atomic E-state index is 0.161. The smallest absolute Gasteiger partial charge is 0.373 e. The first kappa shape index (κ1) is 14.4. The first-order chi connectivity index (χ1) is 9.49. The van der Waals surface area contributed by atoms with Crippen molar-refractivity contribution in [3.05, 3.63) is 46.3 Å². The van der Waals surface area contributed by atoms with E-state index >= 15 is 0 Å². The number of nitrogens with one attached hydrogen (secondary N) is 1. The van der Waals surface area contributed by atoms with Crippen LogP contribution in [0.4, 0.5) is 0 Å². The van der Waals surface area contributed by atoms with Gasteiger partial charge in [0, 0.05) is 5.56 Å². The van der Waals surface area contributed by atoms with Gasteiger partial charge >= 0.3 is 5.97 Å². The molecule has 0 amide bonds. The molecule has 0 aromatic carbocycles. The van der Waals surface area contributed by atoms with E-state index in [2.05, 4.69) is 10.1 Å². The van der Waals surface area contributed by atoms with Crippen molar-refractivity contribution in [2.24, 2.45) is 0 Å². The molecule has 5 nitrogen and oxygen atoms in total. The van der Waals surface area contributed by atoms with E-state index in [0.29, 0.717) is 5.76 Å². The lowest BCUT2D eigenvalue weighted by Crippen LogP contribution is -2.18. The average molecular weight is 277 g/mol. The second kappa shape index (κ2) is 5.54. The summed E-state index contributed by atoms with van der Waals surface area (Å²) in [4.78, 5) is 11.5. The van der Waals surface area contributed by atoms with Gasteiger partial charge in [0.25, 0.3) is 0 Å². The van der Waals surface area contributed by atoms with Gasteiger partial charge in [0.1, 0.15) is 17.3 Å². The van der Waals surface area contributed by atoms with Crippen molar-refractivity contribution in [2.75, 3.05) is 14.2 Å². The van der Waals surface area contributed by atoms with Crippen LogP contribution in [-0.4, -0.2) is 20.1 Å². The molecule has 2 heterocycles. The van der Waals surface area contributed by atoms with E-state index in [9.17, 15) is 4.79 Å². The van der Waals surface area contributed by atoms with Crippen LogP contribution in [0.3, 0.4) is 0 Å². The monoisotopic (exact) mass is 277 g/mol. The van der Waals surface area contributed by atoms with Crippen LogP contribution in [-0.2, 0) is 4.74 Å². The molecule has 0 aliphatic heterocycles. The van der Waals surface area contributed by atoms with Crippen LogP contribution in [0.5, 0.6) is 0 Å². The van der Waals surface area contributed by atoms with Crippen LogP contribution in [0, 0.1) is 20.8 Å². The quantitative estimate of drug-likeness (QED) is 0.870. The Balaban J connectivity index is 2.42. The normalized spacial score (nSPS) is 12.4. The summed E-state index contributed by atoms with van der Waals surface area (Å²) in [5, 5.41) is 3.19. The van der Waals surface area contributed by atoms with Gasteiger partial charge in [-0.3, -0.25) is 0 Å². The predicted octanol–water partition coefficient (Wildman–Crippen LogP) is 2.89. The maximum atomic E-state index is 11.5. The zero-order valence-corrected chi connectivity index (χ0v) is 12.4. The van der Waals surface area contributed by atoms with Crippen LogP contribution in [0.2, 0.25) is 0 Å². The summed E-state index contributed by atoms with van der Waals surface area (Å²) in [5.74, 6) is 2.09. The number of carbonyl (C=O) groups excluding carboxylic acids is 1. The summed E-state index contributed by atoms with van der Waals surface area (Å²) in [6.07, 6.45) is 0. The molecular formula is C15H19NO4. The maximum Gasteiger partial charge on any atom is 0.373 e. The van der Waals surface area contributed by atoms with Crippen LogP contribution < -0.4 is 5.32 Å². The molecule has 1 N–H and O–H groups in total. The van der Waals surface area contributed by atoms with E-state index in [4.69, 9.17) is 8.83 Å². The molecule has 0 saturated heterocycles. The Morgan fingerprint density at radius 2 is 1.90 bits per heavy atom. The summed E-state index contributed by atoms with van der Waals surface area (Å²) in [5.41, 5.74) is 2.12. The lowest BCUT2D eigenvalue weighted by Gasteiger charge is -2.14. The zero-order valence-electron chi connectivity index (χ0n) is 12.4. The molecule has 0 bridgehead atoms. The number of ether oxygens (including phenoxy) is 1. The fraction of sp³-hybridized carbons (Fsp3) is 0.400. The Morgan fingerprint density at radius 1 is 1.20 bits per heavy atom. The minimum atomic E-state index is -0.483. The van der Waals surface area contributed by atoms with Crippen LogP contribution in [0.1, 0.15) is 45.0 Å². The van der Waals surface area contributed by atoms with Gasteiger partial charge in [-0.1, -0.05) is 0 Å². The van der Waals surface area contributed by atoms with Crippen molar-refractivity contribution < 1.29 is 18.4 Å². The molecule has 20 heavy (non-hydrogen) atoms. The Hall–Kier alpha value is -2.01. The largest absolute Gasteiger partial charge is 0.466 e. The number of methoxy groups -OCH3 is 1. The first-order valence-corrected chi connectivity index (χ1v) is 6.41. The molecular weight excluding hydrogens is 258 g/mol. The van der Waals surface area contributed by atoms with E-state index in [1.165, 1.54) is 7.11 Å². The number of hydrogen-bond donors (Lipinski definition) is 1. The molecule has 0 fully saturated rings. The highest BCUT2D eigenvalue weighted by Crippen LogP contribution is 2.32. The molecule has 0 saturated carbocycles. The summed E-state index contributed by atoms with van der Waals surface area (Å²) in [6.45, 7) is 5.86. The Kier molecular flexibility index (Phi) is 3.99. The Morgan fingerprint density at radius 3 is 2.40 bits per heavy atom. The second-order valence-corrected chi connectivity index (χ2v) is 4.67. The lowest BCUT2D eigenvalue weighted by molar-refractivity contribution is 0.0562. The van der Waals surface area contributed by atoms with Gasteiger partial charge in [-0.25, -0.2) is 4.79 Å². The third-order valence-electron chi connectivity index (χ3n) is 3.49. The molecule has 2 aromatic heterocycles. The van der Waals surface area contributed by atoms with Gasteiger partial charge in [-0.05, 0) is 45.5 Å². The molecule has 2 rings (SSSR count). The van der Waals surface area contributed by atoms with E-state index in [1.54, 1.807) is 12.1 Å². The predicted molar refractivity (Wildman–Crippen MR) is 73.9 cm³/mol. The third-order valence-corrected chi connectivity index (χ3v) is 3.49. The first-order valence-electron chi connectivity index (χ1n) is 6.41. The standard InChI is InChI=1S/C15H19NO4/c1-8-9(2)19-10(3)13(8)14(16-4)11-6-7-12(20-11)15(17)18-5/h6-7,14,16H,1-5H3. The summed E-state index contributed by atoms with van der Waals surface area (Å²) >= 11 is 0. The second-order valence-electron chi connectivity index (χ2n) is 4.67. The van der Waals surface area contributed by atoms with Crippen LogP contribution >= 0.6 is 0 Å². The summed E-state index contributed by atoms with van der Waals surface area (Å²) in [6, 6.07) is 3.23. The van der Waals surface area contributed by atoms with Crippen molar-refractivity contribution in [1.82, 2.24) is 5.32 Å².